The van der Waals surface area contributed by atoms with Crippen molar-refractivity contribution >= 4 is 17.9 Å². The molecule has 0 aliphatic rings. The van der Waals surface area contributed by atoms with Crippen LogP contribution in [0.25, 0.3) is 0 Å². The zero-order valence-corrected chi connectivity index (χ0v) is 13.0. The number of amides is 1. The molecular weight excluding hydrogens is 296 g/mol. The number of aromatic nitrogens is 1. The number of carboxylic acid groups (broad SMARTS) is 1. The molecule has 0 saturated heterocycles. The van der Waals surface area contributed by atoms with Gasteiger partial charge in [0.15, 0.2) is 5.82 Å². The second-order valence-electron chi connectivity index (χ2n) is 5.18. The van der Waals surface area contributed by atoms with Crippen LogP contribution in [0.5, 0.6) is 0 Å². The molecule has 0 fully saturated rings. The number of carbonyl (C=O) groups excluding carboxylic acids is 1. The summed E-state index contributed by atoms with van der Waals surface area (Å²) in [7, 11) is 0. The van der Waals surface area contributed by atoms with Gasteiger partial charge >= 0.3 is 12.1 Å². The molecule has 1 aromatic carbocycles. The number of ether oxygens (including phenoxy) is 1. The van der Waals surface area contributed by atoms with Gasteiger partial charge in [-0.2, -0.15) is 0 Å². The van der Waals surface area contributed by atoms with E-state index in [0.29, 0.717) is 0 Å². The van der Waals surface area contributed by atoms with E-state index in [1.165, 1.54) is 23.2 Å². The van der Waals surface area contributed by atoms with Crippen molar-refractivity contribution in [1.29, 1.82) is 0 Å². The van der Waals surface area contributed by atoms with E-state index in [2.05, 4.69) is 4.98 Å². The summed E-state index contributed by atoms with van der Waals surface area (Å²) in [5.74, 6) is -1.07. The van der Waals surface area contributed by atoms with Gasteiger partial charge in [0.05, 0.1) is 0 Å². The van der Waals surface area contributed by atoms with Crippen molar-refractivity contribution in [2.24, 2.45) is 0 Å². The van der Waals surface area contributed by atoms with Crippen molar-refractivity contribution in [3.8, 4) is 0 Å². The van der Waals surface area contributed by atoms with Crippen LogP contribution >= 0.6 is 0 Å². The van der Waals surface area contributed by atoms with Gasteiger partial charge in [0.2, 0.25) is 0 Å². The summed E-state index contributed by atoms with van der Waals surface area (Å²) in [6.07, 6.45) is 0.812. The standard InChI is InChI=1S/C17H18N2O4/c1-12(2)19(15-14(16(20)21)9-6-10-18-15)17(22)23-11-13-7-4-3-5-8-13/h3-10,12H,11H2,1-2H3,(H,20,21). The third-order valence-electron chi connectivity index (χ3n) is 3.16. The van der Waals surface area contributed by atoms with Crippen LogP contribution in [0, 0.1) is 0 Å². The maximum atomic E-state index is 12.4. The van der Waals surface area contributed by atoms with Crippen LogP contribution in [0.15, 0.2) is 48.7 Å². The van der Waals surface area contributed by atoms with Crippen molar-refractivity contribution in [2.75, 3.05) is 4.90 Å². The zero-order chi connectivity index (χ0) is 16.8. The second kappa shape index (κ2) is 7.40. The quantitative estimate of drug-likeness (QED) is 0.915. The summed E-state index contributed by atoms with van der Waals surface area (Å²) in [6, 6.07) is 11.9. The van der Waals surface area contributed by atoms with Crippen molar-refractivity contribution in [2.45, 2.75) is 26.5 Å². The Kier molecular flexibility index (Phi) is 5.30. The molecule has 0 bridgehead atoms. The van der Waals surface area contributed by atoms with Crippen LogP contribution < -0.4 is 4.90 Å². The number of anilines is 1. The highest BCUT2D eigenvalue weighted by Crippen LogP contribution is 2.21. The Labute approximate surface area is 134 Å². The van der Waals surface area contributed by atoms with Crippen molar-refractivity contribution < 1.29 is 19.4 Å². The third-order valence-corrected chi connectivity index (χ3v) is 3.16. The predicted molar refractivity (Wildman–Crippen MR) is 85.4 cm³/mol. The van der Waals surface area contributed by atoms with Crippen molar-refractivity contribution in [1.82, 2.24) is 4.98 Å². The summed E-state index contributed by atoms with van der Waals surface area (Å²) < 4.78 is 5.29. The number of hydrogen-bond acceptors (Lipinski definition) is 4. The SMILES string of the molecule is CC(C)N(C(=O)OCc1ccccc1)c1ncccc1C(=O)O. The van der Waals surface area contributed by atoms with Gasteiger partial charge < -0.3 is 9.84 Å². The summed E-state index contributed by atoms with van der Waals surface area (Å²) in [4.78, 5) is 29.0. The molecule has 1 N–H and O–H groups in total. The lowest BCUT2D eigenvalue weighted by Gasteiger charge is -2.26. The van der Waals surface area contributed by atoms with E-state index in [-0.39, 0.29) is 24.0 Å². The number of aromatic carboxylic acids is 1. The van der Waals surface area contributed by atoms with Crippen molar-refractivity contribution in [3.05, 3.63) is 59.8 Å². The third kappa shape index (κ3) is 4.06. The number of pyridine rings is 1. The zero-order valence-electron chi connectivity index (χ0n) is 13.0. The normalized spacial score (nSPS) is 10.4. The molecule has 2 aromatic rings. The van der Waals surface area contributed by atoms with Gasteiger partial charge in [0.25, 0.3) is 0 Å². The van der Waals surface area contributed by atoms with E-state index < -0.39 is 12.1 Å². The number of carbonyl (C=O) groups is 2. The maximum absolute atomic E-state index is 12.4. The minimum atomic E-state index is -1.14. The summed E-state index contributed by atoms with van der Waals surface area (Å²) in [5.41, 5.74) is 0.807. The van der Waals surface area contributed by atoms with Crippen LogP contribution in [-0.2, 0) is 11.3 Å². The minimum absolute atomic E-state index is 0.0436. The Morgan fingerprint density at radius 3 is 2.48 bits per heavy atom. The van der Waals surface area contributed by atoms with Gasteiger partial charge in [-0.15, -0.1) is 0 Å². The van der Waals surface area contributed by atoms with Gasteiger partial charge in [0.1, 0.15) is 12.2 Å². The molecule has 1 heterocycles. The van der Waals surface area contributed by atoms with E-state index in [1.54, 1.807) is 13.8 Å². The summed E-state index contributed by atoms with van der Waals surface area (Å²) in [6.45, 7) is 3.65. The molecule has 6 nitrogen and oxygen atoms in total. The molecule has 0 atom stereocenters. The molecule has 0 unspecified atom stereocenters. The molecule has 1 amide bonds. The lowest BCUT2D eigenvalue weighted by atomic mass is 10.2. The Morgan fingerprint density at radius 1 is 1.17 bits per heavy atom. The lowest BCUT2D eigenvalue weighted by molar-refractivity contribution is 0.0697. The van der Waals surface area contributed by atoms with Crippen molar-refractivity contribution in [3.63, 3.8) is 0 Å². The second-order valence-corrected chi connectivity index (χ2v) is 5.18. The van der Waals surface area contributed by atoms with E-state index >= 15 is 0 Å². The molecule has 2 rings (SSSR count). The largest absolute Gasteiger partial charge is 0.478 e. The highest BCUT2D eigenvalue weighted by molar-refractivity contribution is 5.98. The molecule has 0 saturated carbocycles. The van der Waals surface area contributed by atoms with Gasteiger partial charge in [0, 0.05) is 12.2 Å². The average Bonchev–Trinajstić information content (AvgIpc) is 2.54. The summed E-state index contributed by atoms with van der Waals surface area (Å²) >= 11 is 0. The highest BCUT2D eigenvalue weighted by atomic mass is 16.6. The Morgan fingerprint density at radius 2 is 1.87 bits per heavy atom. The van der Waals surface area contributed by atoms with Crippen LogP contribution in [0.4, 0.5) is 10.6 Å². The fraction of sp³-hybridized carbons (Fsp3) is 0.235. The van der Waals surface area contributed by atoms with E-state index in [4.69, 9.17) is 4.74 Å². The first kappa shape index (κ1) is 16.5. The molecule has 0 aliphatic heterocycles. The Bertz CT molecular complexity index is 686. The fourth-order valence-corrected chi connectivity index (χ4v) is 2.09. The first-order chi connectivity index (χ1) is 11.0. The van der Waals surface area contributed by atoms with Crippen LogP contribution in [0.3, 0.4) is 0 Å². The van der Waals surface area contributed by atoms with Crippen LogP contribution in [0.2, 0.25) is 0 Å². The molecule has 120 valence electrons. The fourth-order valence-electron chi connectivity index (χ4n) is 2.09. The number of carboxylic acids is 1. The molecule has 6 heteroatoms. The van der Waals surface area contributed by atoms with Gasteiger partial charge in [-0.05, 0) is 31.5 Å². The van der Waals surface area contributed by atoms with Crippen LogP contribution in [-0.4, -0.2) is 28.2 Å². The predicted octanol–water partition coefficient (Wildman–Crippen LogP) is 3.33. The molecule has 0 spiro atoms. The maximum Gasteiger partial charge on any atom is 0.416 e. The van der Waals surface area contributed by atoms with Gasteiger partial charge in [-0.1, -0.05) is 30.3 Å². The van der Waals surface area contributed by atoms with E-state index in [1.807, 2.05) is 30.3 Å². The molecule has 1 aromatic heterocycles. The monoisotopic (exact) mass is 314 g/mol. The summed E-state index contributed by atoms with van der Waals surface area (Å²) in [5, 5.41) is 9.27. The Balaban J connectivity index is 2.22. The van der Waals surface area contributed by atoms with Gasteiger partial charge in [-0.25, -0.2) is 14.6 Å². The number of hydrogen-bond donors (Lipinski definition) is 1. The number of nitrogens with zero attached hydrogens (tertiary/aromatic N) is 2. The molecule has 23 heavy (non-hydrogen) atoms. The first-order valence-electron chi connectivity index (χ1n) is 7.19. The highest BCUT2D eigenvalue weighted by Gasteiger charge is 2.26. The topological polar surface area (TPSA) is 79.7 Å². The smallest absolute Gasteiger partial charge is 0.416 e. The lowest BCUT2D eigenvalue weighted by Crippen LogP contribution is -2.39. The molecule has 0 radical (unpaired) electrons. The number of rotatable bonds is 5. The minimum Gasteiger partial charge on any atom is -0.478 e. The number of benzene rings is 1. The van der Waals surface area contributed by atoms with E-state index in [0.717, 1.165) is 5.56 Å². The Hall–Kier alpha value is -2.89. The first-order valence-corrected chi connectivity index (χ1v) is 7.19. The molecular formula is C17H18N2O4. The molecule has 0 aliphatic carbocycles. The average molecular weight is 314 g/mol. The van der Waals surface area contributed by atoms with E-state index in [9.17, 15) is 14.7 Å². The van der Waals surface area contributed by atoms with Crippen LogP contribution in [0.1, 0.15) is 29.8 Å². The van der Waals surface area contributed by atoms with Gasteiger partial charge in [-0.3, -0.25) is 4.90 Å².